The summed E-state index contributed by atoms with van der Waals surface area (Å²) in [4.78, 5) is 4.63. The highest BCUT2D eigenvalue weighted by molar-refractivity contribution is 14.0. The quantitative estimate of drug-likeness (QED) is 0.384. The van der Waals surface area contributed by atoms with Crippen LogP contribution in [-0.2, 0) is 17.9 Å². The van der Waals surface area contributed by atoms with Crippen LogP contribution < -0.4 is 10.6 Å². The Kier molecular flexibility index (Phi) is 12.2. The summed E-state index contributed by atoms with van der Waals surface area (Å²) in [5, 5.41) is 6.67. The Labute approximate surface area is 152 Å². The van der Waals surface area contributed by atoms with Crippen LogP contribution in [0.5, 0.6) is 0 Å². The molecule has 1 aromatic carbocycles. The van der Waals surface area contributed by atoms with Gasteiger partial charge in [-0.3, -0.25) is 0 Å². The zero-order valence-corrected chi connectivity index (χ0v) is 16.5. The van der Waals surface area contributed by atoms with E-state index in [1.54, 1.807) is 0 Å². The zero-order valence-electron chi connectivity index (χ0n) is 14.2. The van der Waals surface area contributed by atoms with E-state index >= 15 is 0 Å². The van der Waals surface area contributed by atoms with Gasteiger partial charge in [0.1, 0.15) is 0 Å². The van der Waals surface area contributed by atoms with Gasteiger partial charge in [0.2, 0.25) is 0 Å². The van der Waals surface area contributed by atoms with Crippen molar-refractivity contribution in [1.82, 2.24) is 10.6 Å². The normalized spacial score (nSPS) is 12.5. The van der Waals surface area contributed by atoms with Crippen LogP contribution in [0.4, 0.5) is 0 Å². The Bertz CT molecular complexity index is 420. The molecule has 1 aromatic rings. The number of guanidine groups is 1. The molecule has 0 bridgehead atoms. The third-order valence-corrected chi connectivity index (χ3v) is 3.26. The molecule has 1 rings (SSSR count). The highest BCUT2D eigenvalue weighted by atomic mass is 127. The van der Waals surface area contributed by atoms with Gasteiger partial charge in [0.15, 0.2) is 5.96 Å². The van der Waals surface area contributed by atoms with Gasteiger partial charge in [0.05, 0.1) is 13.2 Å². The van der Waals surface area contributed by atoms with E-state index in [-0.39, 0.29) is 24.0 Å². The van der Waals surface area contributed by atoms with Crippen molar-refractivity contribution in [1.29, 1.82) is 0 Å². The topological polar surface area (TPSA) is 45.7 Å². The maximum Gasteiger partial charge on any atom is 0.191 e. The molecule has 0 fully saturated rings. The number of nitrogens with zero attached hydrogens (tertiary/aromatic N) is 1. The molecule has 0 aliphatic heterocycles. The van der Waals surface area contributed by atoms with Crippen molar-refractivity contribution in [2.45, 2.75) is 53.3 Å². The van der Waals surface area contributed by atoms with Crippen molar-refractivity contribution in [3.8, 4) is 0 Å². The molecule has 126 valence electrons. The first-order valence-corrected chi connectivity index (χ1v) is 7.89. The van der Waals surface area contributed by atoms with Gasteiger partial charge in [0, 0.05) is 19.2 Å². The molecule has 0 amide bonds. The maximum absolute atomic E-state index is 5.40. The number of hydrogen-bond donors (Lipinski definition) is 2. The van der Waals surface area contributed by atoms with Crippen LogP contribution in [0.15, 0.2) is 29.3 Å². The summed E-state index contributed by atoms with van der Waals surface area (Å²) in [6.07, 6.45) is 1.08. The van der Waals surface area contributed by atoms with E-state index in [4.69, 9.17) is 4.74 Å². The number of benzene rings is 1. The third-order valence-electron chi connectivity index (χ3n) is 3.26. The van der Waals surface area contributed by atoms with Crippen LogP contribution in [0.3, 0.4) is 0 Å². The Hall–Kier alpha value is -0.820. The van der Waals surface area contributed by atoms with Gasteiger partial charge in [-0.2, -0.15) is 0 Å². The lowest BCUT2D eigenvalue weighted by Crippen LogP contribution is -2.41. The smallest absolute Gasteiger partial charge is 0.191 e. The standard InChI is InChI=1S/C17H29N3O.HI/c1-5-14(4)20-17(18-6-2)19-12-15-8-10-16(11-9-15)13-21-7-3;/h8-11,14H,5-7,12-13H2,1-4H3,(H2,18,19,20);1H. The molecule has 2 N–H and O–H groups in total. The molecule has 4 nitrogen and oxygen atoms in total. The Morgan fingerprint density at radius 1 is 1.14 bits per heavy atom. The first-order chi connectivity index (χ1) is 10.2. The predicted octanol–water partition coefficient (Wildman–Crippen LogP) is 3.69. The first-order valence-electron chi connectivity index (χ1n) is 7.89. The molecule has 0 aromatic heterocycles. The predicted molar refractivity (Wildman–Crippen MR) is 105 cm³/mol. The van der Waals surface area contributed by atoms with Crippen molar-refractivity contribution in [3.05, 3.63) is 35.4 Å². The van der Waals surface area contributed by atoms with E-state index in [9.17, 15) is 0 Å². The van der Waals surface area contributed by atoms with Crippen LogP contribution in [0.2, 0.25) is 0 Å². The molecule has 0 aliphatic rings. The number of rotatable bonds is 8. The van der Waals surface area contributed by atoms with Crippen molar-refractivity contribution in [2.75, 3.05) is 13.2 Å². The first kappa shape index (κ1) is 21.2. The average Bonchev–Trinajstić information content (AvgIpc) is 2.51. The molecule has 0 spiro atoms. The van der Waals surface area contributed by atoms with E-state index < -0.39 is 0 Å². The molecule has 22 heavy (non-hydrogen) atoms. The largest absolute Gasteiger partial charge is 0.377 e. The lowest BCUT2D eigenvalue weighted by Gasteiger charge is -2.16. The van der Waals surface area contributed by atoms with E-state index in [1.165, 1.54) is 11.1 Å². The molecule has 0 radical (unpaired) electrons. The minimum absolute atomic E-state index is 0. The van der Waals surface area contributed by atoms with Crippen molar-refractivity contribution >= 4 is 29.9 Å². The summed E-state index contributed by atoms with van der Waals surface area (Å²) >= 11 is 0. The van der Waals surface area contributed by atoms with E-state index in [0.29, 0.717) is 19.2 Å². The van der Waals surface area contributed by atoms with Gasteiger partial charge in [-0.05, 0) is 38.3 Å². The fourth-order valence-corrected chi connectivity index (χ4v) is 1.79. The number of nitrogens with one attached hydrogen (secondary N) is 2. The van der Waals surface area contributed by atoms with Crippen LogP contribution in [-0.4, -0.2) is 25.2 Å². The summed E-state index contributed by atoms with van der Waals surface area (Å²) < 4.78 is 5.40. The minimum atomic E-state index is 0. The second kappa shape index (κ2) is 12.7. The van der Waals surface area contributed by atoms with Crippen molar-refractivity contribution in [2.24, 2.45) is 4.99 Å². The van der Waals surface area contributed by atoms with E-state index in [1.807, 2.05) is 6.92 Å². The summed E-state index contributed by atoms with van der Waals surface area (Å²) in [5.74, 6) is 0.880. The lowest BCUT2D eigenvalue weighted by atomic mass is 10.1. The molecule has 1 unspecified atom stereocenters. The molecule has 0 heterocycles. The molecule has 0 aliphatic carbocycles. The summed E-state index contributed by atoms with van der Waals surface area (Å²) in [5.41, 5.74) is 2.41. The third kappa shape index (κ3) is 8.58. The molecule has 0 saturated carbocycles. The molecular formula is C17H30IN3O. The molecule has 1 atom stereocenters. The van der Waals surface area contributed by atoms with Crippen LogP contribution in [0, 0.1) is 0 Å². The maximum atomic E-state index is 5.40. The summed E-state index contributed by atoms with van der Waals surface area (Å²) in [6.45, 7) is 11.4. The van der Waals surface area contributed by atoms with Crippen molar-refractivity contribution in [3.63, 3.8) is 0 Å². The zero-order chi connectivity index (χ0) is 15.5. The van der Waals surface area contributed by atoms with Gasteiger partial charge in [0.25, 0.3) is 0 Å². The Balaban J connectivity index is 0.00000441. The van der Waals surface area contributed by atoms with Crippen LogP contribution in [0.25, 0.3) is 0 Å². The van der Waals surface area contributed by atoms with Gasteiger partial charge in [-0.15, -0.1) is 24.0 Å². The van der Waals surface area contributed by atoms with Crippen molar-refractivity contribution < 1.29 is 4.74 Å². The fraction of sp³-hybridized carbons (Fsp3) is 0.588. The summed E-state index contributed by atoms with van der Waals surface area (Å²) in [7, 11) is 0. The van der Waals surface area contributed by atoms with Gasteiger partial charge in [-0.1, -0.05) is 31.2 Å². The van der Waals surface area contributed by atoms with Gasteiger partial charge < -0.3 is 15.4 Å². The highest BCUT2D eigenvalue weighted by Crippen LogP contribution is 2.07. The van der Waals surface area contributed by atoms with Crippen LogP contribution >= 0.6 is 24.0 Å². The number of aliphatic imine (C=N–C) groups is 1. The Morgan fingerprint density at radius 3 is 2.32 bits per heavy atom. The van der Waals surface area contributed by atoms with Gasteiger partial charge in [-0.25, -0.2) is 4.99 Å². The number of halogens is 1. The fourth-order valence-electron chi connectivity index (χ4n) is 1.79. The number of hydrogen-bond acceptors (Lipinski definition) is 2. The Morgan fingerprint density at radius 2 is 1.77 bits per heavy atom. The monoisotopic (exact) mass is 419 g/mol. The number of ether oxygens (including phenoxy) is 1. The lowest BCUT2D eigenvalue weighted by molar-refractivity contribution is 0.134. The SMILES string of the molecule is CCNC(=NCc1ccc(COCC)cc1)NC(C)CC.I. The highest BCUT2D eigenvalue weighted by Gasteiger charge is 2.02. The molecule has 5 heteroatoms. The van der Waals surface area contributed by atoms with Gasteiger partial charge >= 0.3 is 0 Å². The van der Waals surface area contributed by atoms with Crippen LogP contribution in [0.1, 0.15) is 45.2 Å². The molecule has 0 saturated heterocycles. The van der Waals surface area contributed by atoms with E-state index in [2.05, 4.69) is 60.7 Å². The minimum Gasteiger partial charge on any atom is -0.377 e. The second-order valence-corrected chi connectivity index (χ2v) is 5.10. The molecular weight excluding hydrogens is 389 g/mol. The average molecular weight is 419 g/mol. The van der Waals surface area contributed by atoms with E-state index in [0.717, 1.165) is 25.5 Å². The second-order valence-electron chi connectivity index (χ2n) is 5.10. The summed E-state index contributed by atoms with van der Waals surface area (Å²) in [6, 6.07) is 8.87.